The summed E-state index contributed by atoms with van der Waals surface area (Å²) < 4.78 is 29.4. The van der Waals surface area contributed by atoms with Gasteiger partial charge in [0.2, 0.25) is 0 Å². The number of rotatable bonds is 6. The molecule has 0 spiro atoms. The number of hydrogen-bond donors (Lipinski definition) is 1. The van der Waals surface area contributed by atoms with Crippen LogP contribution in [0.4, 0.5) is 8.78 Å². The molecule has 6 nitrogen and oxygen atoms in total. The van der Waals surface area contributed by atoms with Crippen LogP contribution in [0.15, 0.2) is 43.4 Å². The van der Waals surface area contributed by atoms with E-state index in [2.05, 4.69) is 20.1 Å². The Labute approximate surface area is 163 Å². The number of hydrogen-bond acceptors (Lipinski definition) is 5. The van der Waals surface area contributed by atoms with E-state index in [0.29, 0.717) is 17.7 Å². The first-order chi connectivity index (χ1) is 13.4. The summed E-state index contributed by atoms with van der Waals surface area (Å²) in [5, 5.41) is 15.6. The Balaban J connectivity index is 0.00000136. The molecule has 0 aliphatic rings. The van der Waals surface area contributed by atoms with Crippen molar-refractivity contribution in [2.75, 3.05) is 0 Å². The van der Waals surface area contributed by atoms with E-state index in [1.54, 1.807) is 18.5 Å². The third-order valence-corrected chi connectivity index (χ3v) is 4.67. The minimum Gasteiger partial charge on any atom is -0.384 e. The van der Waals surface area contributed by atoms with Gasteiger partial charge in [-0.15, -0.1) is 0 Å². The Kier molecular flexibility index (Phi) is 7.28. The second-order valence-corrected chi connectivity index (χ2v) is 6.27. The molecule has 150 valence electrons. The lowest BCUT2D eigenvalue weighted by Gasteiger charge is -2.35. The molecule has 8 heteroatoms. The maximum absolute atomic E-state index is 14.2. The zero-order chi connectivity index (χ0) is 20.7. The smallest absolute Gasteiger partial charge is 0.163 e. The fraction of sp³-hybridized carbons (Fsp3) is 0.400. The van der Waals surface area contributed by atoms with Gasteiger partial charge in [0.15, 0.2) is 5.82 Å². The number of aliphatic hydroxyl groups is 1. The summed E-state index contributed by atoms with van der Waals surface area (Å²) in [5.74, 6) is -1.69. The predicted octanol–water partition coefficient (Wildman–Crippen LogP) is 3.76. The van der Waals surface area contributed by atoms with Crippen LogP contribution in [0.25, 0.3) is 0 Å². The molecule has 0 aliphatic carbocycles. The molecule has 0 bridgehead atoms. The average Bonchev–Trinajstić information content (AvgIpc) is 3.21. The Bertz CT molecular complexity index is 888. The van der Waals surface area contributed by atoms with Gasteiger partial charge in [0, 0.05) is 18.9 Å². The second-order valence-electron chi connectivity index (χ2n) is 6.27. The highest BCUT2D eigenvalue weighted by Crippen LogP contribution is 2.41. The Hall–Kier alpha value is -2.74. The first-order valence-corrected chi connectivity index (χ1v) is 9.18. The molecule has 2 atom stereocenters. The van der Waals surface area contributed by atoms with Gasteiger partial charge in [0.25, 0.3) is 0 Å². The zero-order valence-corrected chi connectivity index (χ0v) is 16.5. The summed E-state index contributed by atoms with van der Waals surface area (Å²) in [6.07, 6.45) is 5.45. The third kappa shape index (κ3) is 4.56. The van der Waals surface area contributed by atoms with E-state index in [0.717, 1.165) is 6.20 Å². The van der Waals surface area contributed by atoms with Crippen LogP contribution in [0.2, 0.25) is 0 Å². The minimum atomic E-state index is -1.49. The molecule has 28 heavy (non-hydrogen) atoms. The lowest BCUT2D eigenvalue weighted by atomic mass is 9.76. The molecule has 2 heterocycles. The topological polar surface area (TPSA) is 76.7 Å². The second kappa shape index (κ2) is 9.45. The monoisotopic (exact) mass is 389 g/mol. The highest BCUT2D eigenvalue weighted by molar-refractivity contribution is 5.35. The van der Waals surface area contributed by atoms with E-state index < -0.39 is 23.2 Å². The average molecular weight is 389 g/mol. The van der Waals surface area contributed by atoms with Gasteiger partial charge in [-0.1, -0.05) is 26.8 Å². The first-order valence-electron chi connectivity index (χ1n) is 9.18. The summed E-state index contributed by atoms with van der Waals surface area (Å²) in [7, 11) is 0. The number of benzene rings is 1. The Morgan fingerprint density at radius 2 is 1.93 bits per heavy atom. The number of aromatic nitrogens is 5. The van der Waals surface area contributed by atoms with Crippen LogP contribution in [-0.2, 0) is 12.1 Å². The van der Waals surface area contributed by atoms with Gasteiger partial charge < -0.3 is 5.11 Å². The van der Waals surface area contributed by atoms with Gasteiger partial charge in [-0.2, -0.15) is 5.10 Å². The molecule has 2 aromatic heterocycles. The van der Waals surface area contributed by atoms with Crippen LogP contribution in [0.1, 0.15) is 49.9 Å². The van der Waals surface area contributed by atoms with E-state index in [4.69, 9.17) is 0 Å². The largest absolute Gasteiger partial charge is 0.384 e. The fourth-order valence-corrected chi connectivity index (χ4v) is 3.20. The van der Waals surface area contributed by atoms with Crippen molar-refractivity contribution in [3.63, 3.8) is 0 Å². The van der Waals surface area contributed by atoms with E-state index in [9.17, 15) is 13.9 Å². The van der Waals surface area contributed by atoms with Crippen molar-refractivity contribution in [2.45, 2.75) is 52.2 Å². The summed E-state index contributed by atoms with van der Waals surface area (Å²) in [6.45, 7) is 7.75. The summed E-state index contributed by atoms with van der Waals surface area (Å²) in [6, 6.07) is 4.16. The van der Waals surface area contributed by atoms with E-state index >= 15 is 0 Å². The van der Waals surface area contributed by atoms with Crippen LogP contribution in [0.3, 0.4) is 0 Å². The van der Waals surface area contributed by atoms with Crippen molar-refractivity contribution in [2.24, 2.45) is 0 Å². The van der Waals surface area contributed by atoms with Gasteiger partial charge >= 0.3 is 0 Å². The highest BCUT2D eigenvalue weighted by Gasteiger charge is 2.39. The maximum atomic E-state index is 14.2. The van der Waals surface area contributed by atoms with Crippen LogP contribution < -0.4 is 0 Å². The molecule has 0 amide bonds. The molecule has 2 unspecified atom stereocenters. The third-order valence-electron chi connectivity index (χ3n) is 4.67. The van der Waals surface area contributed by atoms with Crippen LogP contribution in [0.5, 0.6) is 0 Å². The molecule has 0 aliphatic heterocycles. The standard InChI is InChI=1S/C18H19F2N5O.C2H6/c1-12-7-14(19)3-4-15(12)18(26,5-6-25-11-22-10-24-25)13(2)17-16(20)8-21-9-23-17;1-2/h3-4,7-11,13,26H,5-6H2,1-2H3;1-2H3. The molecule has 1 aromatic carbocycles. The van der Waals surface area contributed by atoms with Crippen molar-refractivity contribution >= 4 is 0 Å². The summed E-state index contributed by atoms with van der Waals surface area (Å²) in [4.78, 5) is 11.5. The van der Waals surface area contributed by atoms with Crippen LogP contribution in [0, 0.1) is 18.6 Å². The number of nitrogens with zero attached hydrogens (tertiary/aromatic N) is 5. The molecule has 0 fully saturated rings. The van der Waals surface area contributed by atoms with Crippen molar-refractivity contribution in [1.29, 1.82) is 0 Å². The summed E-state index contributed by atoms with van der Waals surface area (Å²) >= 11 is 0. The first kappa shape index (κ1) is 21.6. The fourth-order valence-electron chi connectivity index (χ4n) is 3.20. The van der Waals surface area contributed by atoms with Gasteiger partial charge in [0.1, 0.15) is 24.8 Å². The maximum Gasteiger partial charge on any atom is 0.163 e. The van der Waals surface area contributed by atoms with Gasteiger partial charge in [-0.05, 0) is 30.2 Å². The Morgan fingerprint density at radius 1 is 1.18 bits per heavy atom. The molecular weight excluding hydrogens is 364 g/mol. The quantitative estimate of drug-likeness (QED) is 0.695. The minimum absolute atomic E-state index is 0.102. The molecule has 0 radical (unpaired) electrons. The van der Waals surface area contributed by atoms with E-state index in [1.807, 2.05) is 13.8 Å². The van der Waals surface area contributed by atoms with Crippen LogP contribution >= 0.6 is 0 Å². The van der Waals surface area contributed by atoms with Crippen molar-refractivity contribution in [1.82, 2.24) is 24.7 Å². The number of halogens is 2. The molecule has 3 rings (SSSR count). The molecule has 0 saturated heterocycles. The number of aryl methyl sites for hydroxylation is 2. The normalized spacial score (nSPS) is 14.0. The van der Waals surface area contributed by atoms with Gasteiger partial charge in [0.05, 0.1) is 17.5 Å². The van der Waals surface area contributed by atoms with Gasteiger partial charge in [-0.3, -0.25) is 4.68 Å². The van der Waals surface area contributed by atoms with Crippen molar-refractivity contribution < 1.29 is 13.9 Å². The van der Waals surface area contributed by atoms with Crippen molar-refractivity contribution in [3.05, 3.63) is 71.8 Å². The SMILES string of the molecule is CC.Cc1cc(F)ccc1C(O)(CCn1cncn1)C(C)c1ncncc1F. The zero-order valence-electron chi connectivity index (χ0n) is 16.5. The highest BCUT2D eigenvalue weighted by atomic mass is 19.1. The molecular formula is C20H25F2N5O. The summed E-state index contributed by atoms with van der Waals surface area (Å²) in [5.41, 5.74) is -0.291. The molecule has 1 N–H and O–H groups in total. The lowest BCUT2D eigenvalue weighted by molar-refractivity contribution is -0.00401. The lowest BCUT2D eigenvalue weighted by Crippen LogP contribution is -2.35. The predicted molar refractivity (Wildman–Crippen MR) is 101 cm³/mol. The van der Waals surface area contributed by atoms with Gasteiger partial charge in [-0.25, -0.2) is 23.7 Å². The van der Waals surface area contributed by atoms with Crippen LogP contribution in [-0.4, -0.2) is 29.8 Å². The molecule has 0 saturated carbocycles. The molecule has 3 aromatic rings. The Morgan fingerprint density at radius 3 is 2.54 bits per heavy atom. The van der Waals surface area contributed by atoms with E-state index in [-0.39, 0.29) is 12.1 Å². The van der Waals surface area contributed by atoms with E-state index in [1.165, 1.54) is 37.2 Å². The van der Waals surface area contributed by atoms with Crippen molar-refractivity contribution in [3.8, 4) is 0 Å².